The fourth-order valence-corrected chi connectivity index (χ4v) is 3.94. The van der Waals surface area contributed by atoms with Gasteiger partial charge in [-0.15, -0.1) is 0 Å². The third-order valence-corrected chi connectivity index (χ3v) is 5.08. The Labute approximate surface area is 135 Å². The summed E-state index contributed by atoms with van der Waals surface area (Å²) in [5.41, 5.74) is 4.75. The number of aromatic nitrogens is 2. The number of aryl methyl sites for hydroxylation is 1. The molecular formula is C18H19N3O2. The van der Waals surface area contributed by atoms with Crippen molar-refractivity contribution >= 4 is 0 Å². The van der Waals surface area contributed by atoms with Crippen molar-refractivity contribution < 1.29 is 9.47 Å². The molecule has 1 saturated heterocycles. The Morgan fingerprint density at radius 1 is 1.30 bits per heavy atom. The van der Waals surface area contributed by atoms with Crippen molar-refractivity contribution in [1.82, 2.24) is 14.9 Å². The molecule has 3 aliphatic rings. The van der Waals surface area contributed by atoms with Crippen LogP contribution in [-0.4, -0.2) is 34.6 Å². The summed E-state index contributed by atoms with van der Waals surface area (Å²) < 4.78 is 11.7. The minimum absolute atomic E-state index is 0.178. The van der Waals surface area contributed by atoms with E-state index in [4.69, 9.17) is 9.47 Å². The number of nitrogens with zero attached hydrogens (tertiary/aromatic N) is 3. The zero-order valence-corrected chi connectivity index (χ0v) is 13.2. The summed E-state index contributed by atoms with van der Waals surface area (Å²) >= 11 is 0. The lowest BCUT2D eigenvalue weighted by Gasteiger charge is -2.47. The molecule has 118 valence electrons. The second kappa shape index (κ2) is 4.76. The van der Waals surface area contributed by atoms with Crippen LogP contribution < -0.4 is 4.74 Å². The van der Waals surface area contributed by atoms with Crippen LogP contribution in [0.5, 0.6) is 5.75 Å². The van der Waals surface area contributed by atoms with E-state index in [9.17, 15) is 0 Å². The minimum atomic E-state index is -0.178. The summed E-state index contributed by atoms with van der Waals surface area (Å²) in [5.74, 6) is 1.87. The van der Waals surface area contributed by atoms with Crippen LogP contribution in [0, 0.1) is 6.92 Å². The molecule has 1 aromatic carbocycles. The lowest BCUT2D eigenvalue weighted by Crippen LogP contribution is -2.58. The van der Waals surface area contributed by atoms with E-state index in [1.54, 1.807) is 0 Å². The van der Waals surface area contributed by atoms with Crippen molar-refractivity contribution in [3.63, 3.8) is 0 Å². The average Bonchev–Trinajstić information content (AvgIpc) is 3.11. The Balaban J connectivity index is 1.31. The maximum Gasteiger partial charge on any atom is 0.125 e. The quantitative estimate of drug-likeness (QED) is 0.849. The van der Waals surface area contributed by atoms with Crippen LogP contribution in [0.2, 0.25) is 0 Å². The van der Waals surface area contributed by atoms with E-state index in [2.05, 4.69) is 33.1 Å². The first-order chi connectivity index (χ1) is 11.2. The standard InChI is InChI=1S/C18H19N3O2/c1-12-19-7-15-16(20-12)9-23-18(15)10-21(11-18)8-13-2-3-17-14(6-13)4-5-22-17/h2-3,6-7H,4-5,8-11H2,1H3. The van der Waals surface area contributed by atoms with Crippen molar-refractivity contribution in [2.75, 3.05) is 19.7 Å². The van der Waals surface area contributed by atoms with Gasteiger partial charge in [0.05, 0.1) is 18.9 Å². The molecule has 0 unspecified atom stereocenters. The topological polar surface area (TPSA) is 47.5 Å². The summed E-state index contributed by atoms with van der Waals surface area (Å²) in [7, 11) is 0. The van der Waals surface area contributed by atoms with Gasteiger partial charge < -0.3 is 9.47 Å². The zero-order valence-electron chi connectivity index (χ0n) is 13.2. The van der Waals surface area contributed by atoms with E-state index in [-0.39, 0.29) is 5.60 Å². The van der Waals surface area contributed by atoms with Crippen molar-refractivity contribution in [2.24, 2.45) is 0 Å². The van der Waals surface area contributed by atoms with Crippen molar-refractivity contribution in [3.8, 4) is 5.75 Å². The fourth-order valence-electron chi connectivity index (χ4n) is 3.94. The summed E-state index contributed by atoms with van der Waals surface area (Å²) in [4.78, 5) is 11.3. The van der Waals surface area contributed by atoms with Crippen molar-refractivity contribution in [1.29, 1.82) is 0 Å². The summed E-state index contributed by atoms with van der Waals surface area (Å²) in [6.45, 7) is 6.15. The molecule has 0 N–H and O–H groups in total. The molecule has 23 heavy (non-hydrogen) atoms. The first kappa shape index (κ1) is 13.5. The molecule has 0 aliphatic carbocycles. The third-order valence-electron chi connectivity index (χ3n) is 5.08. The van der Waals surface area contributed by atoms with Gasteiger partial charge in [0.2, 0.25) is 0 Å². The Bertz CT molecular complexity index is 784. The number of fused-ring (bicyclic) bond motifs is 3. The van der Waals surface area contributed by atoms with Crippen LogP contribution >= 0.6 is 0 Å². The third kappa shape index (κ3) is 2.07. The van der Waals surface area contributed by atoms with Gasteiger partial charge in [0.25, 0.3) is 0 Å². The highest BCUT2D eigenvalue weighted by molar-refractivity contribution is 5.40. The van der Waals surface area contributed by atoms with Gasteiger partial charge in [-0.2, -0.15) is 0 Å². The Morgan fingerprint density at radius 2 is 2.22 bits per heavy atom. The van der Waals surface area contributed by atoms with Gasteiger partial charge in [-0.1, -0.05) is 12.1 Å². The van der Waals surface area contributed by atoms with Crippen molar-refractivity contribution in [2.45, 2.75) is 32.1 Å². The number of rotatable bonds is 2. The predicted octanol–water partition coefficient (Wildman–Crippen LogP) is 1.96. The monoisotopic (exact) mass is 309 g/mol. The molecule has 4 heterocycles. The molecule has 5 nitrogen and oxygen atoms in total. The van der Waals surface area contributed by atoms with E-state index in [1.807, 2.05) is 13.1 Å². The number of hydrogen-bond acceptors (Lipinski definition) is 5. The highest BCUT2D eigenvalue weighted by Gasteiger charge is 2.50. The van der Waals surface area contributed by atoms with Crippen LogP contribution in [0.15, 0.2) is 24.4 Å². The molecule has 2 aromatic rings. The molecule has 0 radical (unpaired) electrons. The van der Waals surface area contributed by atoms with Gasteiger partial charge in [-0.3, -0.25) is 4.90 Å². The van der Waals surface area contributed by atoms with Crippen LogP contribution in [-0.2, 0) is 29.9 Å². The minimum Gasteiger partial charge on any atom is -0.493 e. The molecule has 1 spiro atoms. The van der Waals surface area contributed by atoms with E-state index in [1.165, 1.54) is 16.7 Å². The molecule has 0 atom stereocenters. The van der Waals surface area contributed by atoms with Gasteiger partial charge >= 0.3 is 0 Å². The van der Waals surface area contributed by atoms with E-state index >= 15 is 0 Å². The molecular weight excluding hydrogens is 290 g/mol. The van der Waals surface area contributed by atoms with E-state index in [0.717, 1.165) is 49.9 Å². The number of hydrogen-bond donors (Lipinski definition) is 0. The first-order valence-electron chi connectivity index (χ1n) is 8.16. The highest BCUT2D eigenvalue weighted by Crippen LogP contribution is 2.43. The Hall–Kier alpha value is -1.98. The summed E-state index contributed by atoms with van der Waals surface area (Å²) in [6, 6.07) is 6.56. The van der Waals surface area contributed by atoms with Gasteiger partial charge in [0.1, 0.15) is 17.2 Å². The largest absolute Gasteiger partial charge is 0.493 e. The summed E-state index contributed by atoms with van der Waals surface area (Å²) in [5, 5.41) is 0. The molecule has 0 amide bonds. The molecule has 5 heteroatoms. The zero-order chi connectivity index (χ0) is 15.4. The molecule has 1 fully saturated rings. The smallest absolute Gasteiger partial charge is 0.125 e. The number of likely N-dealkylation sites (tertiary alicyclic amines) is 1. The number of ether oxygens (including phenoxy) is 2. The SMILES string of the molecule is Cc1ncc2c(n1)COC21CN(Cc2ccc3c(c2)CCO3)C1. The lowest BCUT2D eigenvalue weighted by atomic mass is 9.87. The average molecular weight is 309 g/mol. The predicted molar refractivity (Wildman–Crippen MR) is 84.2 cm³/mol. The summed E-state index contributed by atoms with van der Waals surface area (Å²) in [6.07, 6.45) is 2.98. The van der Waals surface area contributed by atoms with E-state index in [0.29, 0.717) is 6.61 Å². The number of benzene rings is 1. The van der Waals surface area contributed by atoms with Gasteiger partial charge in [0.15, 0.2) is 0 Å². The van der Waals surface area contributed by atoms with Crippen molar-refractivity contribution in [3.05, 3.63) is 52.6 Å². The Morgan fingerprint density at radius 3 is 3.13 bits per heavy atom. The first-order valence-corrected chi connectivity index (χ1v) is 8.16. The molecule has 3 aliphatic heterocycles. The van der Waals surface area contributed by atoms with E-state index < -0.39 is 0 Å². The van der Waals surface area contributed by atoms with Crippen LogP contribution in [0.4, 0.5) is 0 Å². The molecule has 1 aromatic heterocycles. The maximum atomic E-state index is 6.08. The van der Waals surface area contributed by atoms with Gasteiger partial charge in [-0.05, 0) is 24.1 Å². The van der Waals surface area contributed by atoms with Crippen LogP contribution in [0.25, 0.3) is 0 Å². The highest BCUT2D eigenvalue weighted by atomic mass is 16.5. The van der Waals surface area contributed by atoms with Gasteiger partial charge in [0, 0.05) is 37.8 Å². The van der Waals surface area contributed by atoms with Gasteiger partial charge in [-0.25, -0.2) is 9.97 Å². The van der Waals surface area contributed by atoms with Crippen LogP contribution in [0.3, 0.4) is 0 Å². The fraction of sp³-hybridized carbons (Fsp3) is 0.444. The Kier molecular flexibility index (Phi) is 2.78. The van der Waals surface area contributed by atoms with Crippen LogP contribution in [0.1, 0.15) is 28.2 Å². The maximum absolute atomic E-state index is 6.08. The normalized spacial score (nSPS) is 20.9. The molecule has 0 bridgehead atoms. The second-order valence-electron chi connectivity index (χ2n) is 6.75. The molecule has 5 rings (SSSR count). The molecule has 0 saturated carbocycles. The second-order valence-corrected chi connectivity index (χ2v) is 6.75. The lowest BCUT2D eigenvalue weighted by molar-refractivity contribution is -0.145.